The van der Waals surface area contributed by atoms with Crippen molar-refractivity contribution in [1.82, 2.24) is 0 Å². The zero-order valence-electron chi connectivity index (χ0n) is 9.58. The Kier molecular flexibility index (Phi) is 3.48. The van der Waals surface area contributed by atoms with Crippen molar-refractivity contribution in [2.24, 2.45) is 0 Å². The lowest BCUT2D eigenvalue weighted by molar-refractivity contribution is -0.384. The minimum absolute atomic E-state index is 0.0926. The maximum absolute atomic E-state index is 10.5. The van der Waals surface area contributed by atoms with Gasteiger partial charge in [0.1, 0.15) is 6.29 Å². The fourth-order valence-corrected chi connectivity index (χ4v) is 1.69. The molecule has 0 aliphatic rings. The predicted molar refractivity (Wildman–Crippen MR) is 67.7 cm³/mol. The summed E-state index contributed by atoms with van der Waals surface area (Å²) in [4.78, 5) is 20.6. The van der Waals surface area contributed by atoms with E-state index in [0.717, 1.165) is 17.4 Å². The number of nitro groups is 1. The molecule has 0 unspecified atom stereocenters. The summed E-state index contributed by atoms with van der Waals surface area (Å²) < 4.78 is 0. The summed E-state index contributed by atoms with van der Waals surface area (Å²) in [6.07, 6.45) is 1.49. The Morgan fingerprint density at radius 3 is 1.89 bits per heavy atom. The number of nitrogens with zero attached hydrogens (tertiary/aromatic N) is 1. The molecule has 0 spiro atoms. The summed E-state index contributed by atoms with van der Waals surface area (Å²) in [7, 11) is 0. The molecule has 2 rings (SSSR count). The maximum Gasteiger partial charge on any atom is 0.269 e. The fraction of sp³-hybridized carbons (Fsp3) is 0.0714. The smallest absolute Gasteiger partial charge is 0.269 e. The second kappa shape index (κ2) is 5.23. The Hall–Kier alpha value is -2.49. The minimum Gasteiger partial charge on any atom is -0.298 e. The van der Waals surface area contributed by atoms with Gasteiger partial charge in [-0.05, 0) is 17.5 Å². The lowest BCUT2D eigenvalue weighted by Gasteiger charge is -2.02. The molecule has 0 aromatic heterocycles. The van der Waals surface area contributed by atoms with Crippen LogP contribution in [0.2, 0.25) is 0 Å². The Balaban J connectivity index is 2.12. The molecule has 4 nitrogen and oxygen atoms in total. The summed E-state index contributed by atoms with van der Waals surface area (Å²) in [5, 5.41) is 10.5. The first kappa shape index (κ1) is 12.0. The van der Waals surface area contributed by atoms with E-state index >= 15 is 0 Å². The van der Waals surface area contributed by atoms with Crippen LogP contribution in [-0.4, -0.2) is 11.2 Å². The second-order valence-corrected chi connectivity index (χ2v) is 3.96. The molecule has 0 radical (unpaired) electrons. The van der Waals surface area contributed by atoms with Crippen molar-refractivity contribution < 1.29 is 9.72 Å². The number of hydrogen-bond donors (Lipinski definition) is 0. The van der Waals surface area contributed by atoms with Gasteiger partial charge in [0, 0.05) is 17.7 Å². The van der Waals surface area contributed by atoms with E-state index in [9.17, 15) is 14.9 Å². The molecule has 4 heteroatoms. The van der Waals surface area contributed by atoms with Crippen LogP contribution in [0.25, 0.3) is 0 Å². The first-order chi connectivity index (χ1) is 8.69. The molecule has 0 bridgehead atoms. The van der Waals surface area contributed by atoms with E-state index in [1.807, 2.05) is 12.1 Å². The van der Waals surface area contributed by atoms with Crippen molar-refractivity contribution in [2.75, 3.05) is 0 Å². The highest BCUT2D eigenvalue weighted by atomic mass is 16.6. The number of carbonyl (C=O) groups is 1. The third-order valence-corrected chi connectivity index (χ3v) is 2.67. The zero-order chi connectivity index (χ0) is 13.0. The third-order valence-electron chi connectivity index (χ3n) is 2.67. The molecule has 0 aliphatic heterocycles. The molecule has 2 aromatic carbocycles. The number of rotatable bonds is 4. The van der Waals surface area contributed by atoms with E-state index in [-0.39, 0.29) is 5.69 Å². The molecule has 0 amide bonds. The van der Waals surface area contributed by atoms with Crippen LogP contribution in [0, 0.1) is 10.1 Å². The Bertz CT molecular complexity index is 559. The normalized spacial score (nSPS) is 10.0. The van der Waals surface area contributed by atoms with Gasteiger partial charge >= 0.3 is 0 Å². The lowest BCUT2D eigenvalue weighted by atomic mass is 10.0. The van der Waals surface area contributed by atoms with Gasteiger partial charge in [0.15, 0.2) is 0 Å². The van der Waals surface area contributed by atoms with Gasteiger partial charge in [0.2, 0.25) is 0 Å². The van der Waals surface area contributed by atoms with Crippen LogP contribution in [0.5, 0.6) is 0 Å². The SMILES string of the molecule is O=Cc1ccc(Cc2ccc([N+](=O)[O-])cc2)cc1. The van der Waals surface area contributed by atoms with Crippen molar-refractivity contribution in [3.63, 3.8) is 0 Å². The molecule has 0 aliphatic carbocycles. The van der Waals surface area contributed by atoms with E-state index in [0.29, 0.717) is 12.0 Å². The number of non-ortho nitro benzene ring substituents is 1. The largest absolute Gasteiger partial charge is 0.298 e. The van der Waals surface area contributed by atoms with Crippen LogP contribution >= 0.6 is 0 Å². The van der Waals surface area contributed by atoms with E-state index in [1.54, 1.807) is 24.3 Å². The zero-order valence-corrected chi connectivity index (χ0v) is 9.58. The van der Waals surface area contributed by atoms with Gasteiger partial charge in [-0.1, -0.05) is 36.4 Å². The molecule has 18 heavy (non-hydrogen) atoms. The van der Waals surface area contributed by atoms with Crippen LogP contribution in [0.3, 0.4) is 0 Å². The van der Waals surface area contributed by atoms with Crippen molar-refractivity contribution in [3.8, 4) is 0 Å². The summed E-state index contributed by atoms with van der Waals surface area (Å²) in [6, 6.07) is 13.7. The van der Waals surface area contributed by atoms with Crippen LogP contribution in [0.4, 0.5) is 5.69 Å². The Morgan fingerprint density at radius 2 is 1.44 bits per heavy atom. The predicted octanol–water partition coefficient (Wildman–Crippen LogP) is 3.00. The summed E-state index contributed by atoms with van der Waals surface area (Å²) in [5.41, 5.74) is 2.80. The lowest BCUT2D eigenvalue weighted by Crippen LogP contribution is -1.91. The highest BCUT2D eigenvalue weighted by Crippen LogP contribution is 2.15. The van der Waals surface area contributed by atoms with Crippen LogP contribution < -0.4 is 0 Å². The molecular formula is C14H11NO3. The van der Waals surface area contributed by atoms with Crippen molar-refractivity contribution >= 4 is 12.0 Å². The standard InChI is InChI=1S/C14H11NO3/c16-10-13-3-1-11(2-4-13)9-12-5-7-14(8-6-12)15(17)18/h1-8,10H,9H2. The molecule has 0 saturated heterocycles. The van der Waals surface area contributed by atoms with E-state index in [2.05, 4.69) is 0 Å². The number of hydrogen-bond acceptors (Lipinski definition) is 3. The maximum atomic E-state index is 10.5. The van der Waals surface area contributed by atoms with Crippen LogP contribution in [0.1, 0.15) is 21.5 Å². The van der Waals surface area contributed by atoms with Crippen molar-refractivity contribution in [1.29, 1.82) is 0 Å². The monoisotopic (exact) mass is 241 g/mol. The van der Waals surface area contributed by atoms with Crippen molar-refractivity contribution in [2.45, 2.75) is 6.42 Å². The van der Waals surface area contributed by atoms with Gasteiger partial charge in [-0.2, -0.15) is 0 Å². The molecule has 90 valence electrons. The summed E-state index contributed by atoms with van der Waals surface area (Å²) >= 11 is 0. The molecule has 2 aromatic rings. The highest BCUT2D eigenvalue weighted by Gasteiger charge is 2.04. The molecule has 0 heterocycles. The highest BCUT2D eigenvalue weighted by molar-refractivity contribution is 5.74. The first-order valence-electron chi connectivity index (χ1n) is 5.46. The van der Waals surface area contributed by atoms with Crippen LogP contribution in [0.15, 0.2) is 48.5 Å². The van der Waals surface area contributed by atoms with Gasteiger partial charge in [0.25, 0.3) is 5.69 Å². The average molecular weight is 241 g/mol. The topological polar surface area (TPSA) is 60.2 Å². The van der Waals surface area contributed by atoms with Crippen LogP contribution in [-0.2, 0) is 6.42 Å². The average Bonchev–Trinajstić information content (AvgIpc) is 2.40. The van der Waals surface area contributed by atoms with E-state index in [1.165, 1.54) is 12.1 Å². The number of aldehydes is 1. The summed E-state index contributed by atoms with van der Waals surface area (Å²) in [5.74, 6) is 0. The Morgan fingerprint density at radius 1 is 0.944 bits per heavy atom. The molecule has 0 fully saturated rings. The van der Waals surface area contributed by atoms with Gasteiger partial charge in [0.05, 0.1) is 4.92 Å². The van der Waals surface area contributed by atoms with Gasteiger partial charge < -0.3 is 0 Å². The van der Waals surface area contributed by atoms with E-state index in [4.69, 9.17) is 0 Å². The quantitative estimate of drug-likeness (QED) is 0.469. The Labute approximate surface area is 104 Å². The van der Waals surface area contributed by atoms with Crippen molar-refractivity contribution in [3.05, 3.63) is 75.3 Å². The molecular weight excluding hydrogens is 230 g/mol. The molecule has 0 atom stereocenters. The number of benzene rings is 2. The molecule has 0 N–H and O–H groups in total. The van der Waals surface area contributed by atoms with Gasteiger partial charge in [-0.3, -0.25) is 14.9 Å². The summed E-state index contributed by atoms with van der Waals surface area (Å²) in [6.45, 7) is 0. The minimum atomic E-state index is -0.414. The first-order valence-corrected chi connectivity index (χ1v) is 5.46. The fourth-order valence-electron chi connectivity index (χ4n) is 1.69. The molecule has 0 saturated carbocycles. The second-order valence-electron chi connectivity index (χ2n) is 3.96. The van der Waals surface area contributed by atoms with Gasteiger partial charge in [-0.15, -0.1) is 0 Å². The third kappa shape index (κ3) is 2.79. The van der Waals surface area contributed by atoms with Gasteiger partial charge in [-0.25, -0.2) is 0 Å². The van der Waals surface area contributed by atoms with E-state index < -0.39 is 4.92 Å². The number of carbonyl (C=O) groups excluding carboxylic acids is 1. The number of nitro benzene ring substituents is 1.